The Kier molecular flexibility index (Phi) is 6.51. The number of benzene rings is 1. The number of amides is 1. The van der Waals surface area contributed by atoms with Crippen LogP contribution >= 0.6 is 11.3 Å². The van der Waals surface area contributed by atoms with Crippen LogP contribution < -0.4 is 4.74 Å². The maximum absolute atomic E-state index is 13.4. The zero-order chi connectivity index (χ0) is 18.4. The van der Waals surface area contributed by atoms with Crippen molar-refractivity contribution in [3.05, 3.63) is 47.6 Å². The molecule has 0 aliphatic carbocycles. The maximum atomic E-state index is 13.4. The van der Waals surface area contributed by atoms with Crippen molar-refractivity contribution >= 4 is 27.3 Å². The number of carbonyl (C=O) groups excluding carboxylic acids is 1. The van der Waals surface area contributed by atoms with Gasteiger partial charge in [-0.05, 0) is 23.6 Å². The quantitative estimate of drug-likeness (QED) is 0.696. The van der Waals surface area contributed by atoms with E-state index in [-0.39, 0.29) is 35.6 Å². The molecule has 0 bridgehead atoms. The fourth-order valence-electron chi connectivity index (χ4n) is 1.94. The number of hydrogen-bond donors (Lipinski definition) is 0. The van der Waals surface area contributed by atoms with Gasteiger partial charge in [0.1, 0.15) is 10.8 Å². The Hall–Kier alpha value is -1.97. The van der Waals surface area contributed by atoms with Crippen molar-refractivity contribution in [2.45, 2.75) is 4.21 Å². The van der Waals surface area contributed by atoms with E-state index in [9.17, 15) is 17.6 Å². The highest BCUT2D eigenvalue weighted by Gasteiger charge is 2.25. The van der Waals surface area contributed by atoms with E-state index in [1.54, 1.807) is 30.6 Å². The lowest BCUT2D eigenvalue weighted by molar-refractivity contribution is -0.130. The Morgan fingerprint density at radius 1 is 1.20 bits per heavy atom. The normalized spacial score (nSPS) is 11.5. The number of rotatable bonds is 8. The van der Waals surface area contributed by atoms with Gasteiger partial charge in [0.05, 0.1) is 13.1 Å². The number of para-hydroxylation sites is 1. The van der Waals surface area contributed by atoms with Gasteiger partial charge in [0, 0.05) is 14.1 Å². The van der Waals surface area contributed by atoms with E-state index in [4.69, 9.17) is 4.74 Å². The maximum Gasteiger partial charge on any atom is 0.252 e. The van der Waals surface area contributed by atoms with Crippen molar-refractivity contribution in [2.24, 2.45) is 0 Å². The lowest BCUT2D eigenvalue weighted by Crippen LogP contribution is -2.40. The first-order valence-corrected chi connectivity index (χ1v) is 9.75. The summed E-state index contributed by atoms with van der Waals surface area (Å²) in [6.45, 7) is 0.0288. The molecule has 9 heteroatoms. The van der Waals surface area contributed by atoms with Crippen LogP contribution in [0.2, 0.25) is 0 Å². The van der Waals surface area contributed by atoms with Gasteiger partial charge in [0.25, 0.3) is 10.0 Å². The molecule has 1 heterocycles. The Morgan fingerprint density at radius 3 is 2.56 bits per heavy atom. The molecule has 0 spiro atoms. The summed E-state index contributed by atoms with van der Waals surface area (Å²) in [5.74, 6) is -0.737. The van der Waals surface area contributed by atoms with Gasteiger partial charge < -0.3 is 9.64 Å². The van der Waals surface area contributed by atoms with Crippen LogP contribution in [0.4, 0.5) is 4.39 Å². The van der Waals surface area contributed by atoms with E-state index in [2.05, 4.69) is 0 Å². The van der Waals surface area contributed by atoms with Crippen molar-refractivity contribution in [3.8, 4) is 5.75 Å². The number of sulfonamides is 1. The highest BCUT2D eigenvalue weighted by atomic mass is 32.2. The van der Waals surface area contributed by atoms with Crippen molar-refractivity contribution in [1.29, 1.82) is 0 Å². The third-order valence-electron chi connectivity index (χ3n) is 3.46. The molecule has 136 valence electrons. The van der Waals surface area contributed by atoms with Crippen molar-refractivity contribution in [3.63, 3.8) is 0 Å². The molecule has 0 aliphatic rings. The minimum Gasteiger partial charge on any atom is -0.489 e. The van der Waals surface area contributed by atoms with E-state index in [0.29, 0.717) is 0 Å². The van der Waals surface area contributed by atoms with E-state index >= 15 is 0 Å². The predicted octanol–water partition coefficient (Wildman–Crippen LogP) is 2.05. The monoisotopic (exact) mass is 386 g/mol. The Bertz CT molecular complexity index is 809. The summed E-state index contributed by atoms with van der Waals surface area (Å²) in [4.78, 5) is 13.5. The molecule has 6 nitrogen and oxygen atoms in total. The summed E-state index contributed by atoms with van der Waals surface area (Å²) >= 11 is 1.10. The lowest BCUT2D eigenvalue weighted by Gasteiger charge is -2.21. The van der Waals surface area contributed by atoms with Gasteiger partial charge in [-0.3, -0.25) is 4.79 Å². The molecule has 2 aromatic rings. The zero-order valence-corrected chi connectivity index (χ0v) is 15.5. The summed E-state index contributed by atoms with van der Waals surface area (Å²) in [5, 5.41) is 1.66. The summed E-state index contributed by atoms with van der Waals surface area (Å²) < 4.78 is 44.5. The molecular weight excluding hydrogens is 367 g/mol. The second-order valence-electron chi connectivity index (χ2n) is 5.29. The van der Waals surface area contributed by atoms with Crippen LogP contribution in [0.25, 0.3) is 0 Å². The fourth-order valence-corrected chi connectivity index (χ4v) is 4.26. The predicted molar refractivity (Wildman–Crippen MR) is 93.7 cm³/mol. The second-order valence-corrected chi connectivity index (χ2v) is 8.51. The minimum atomic E-state index is -3.67. The highest BCUT2D eigenvalue weighted by Crippen LogP contribution is 2.19. The number of ether oxygens (including phenoxy) is 1. The molecular formula is C16H19FN2O4S2. The third kappa shape index (κ3) is 5.00. The van der Waals surface area contributed by atoms with Gasteiger partial charge in [-0.2, -0.15) is 4.31 Å². The first-order chi connectivity index (χ1) is 11.8. The summed E-state index contributed by atoms with van der Waals surface area (Å²) in [7, 11) is -0.772. The van der Waals surface area contributed by atoms with Crippen LogP contribution in [-0.2, 0) is 14.8 Å². The van der Waals surface area contributed by atoms with E-state index < -0.39 is 15.8 Å². The fraction of sp³-hybridized carbons (Fsp3) is 0.312. The van der Waals surface area contributed by atoms with E-state index in [1.165, 1.54) is 30.1 Å². The van der Waals surface area contributed by atoms with Gasteiger partial charge in [0.15, 0.2) is 11.6 Å². The first kappa shape index (κ1) is 19.4. The van der Waals surface area contributed by atoms with Gasteiger partial charge in [0.2, 0.25) is 5.91 Å². The Morgan fingerprint density at radius 2 is 1.92 bits per heavy atom. The number of hydrogen-bond acceptors (Lipinski definition) is 5. The standard InChI is InChI=1S/C16H19FN2O4S2/c1-18(9-10-23-14-7-4-3-6-13(14)17)15(20)12-19(2)25(21,22)16-8-5-11-24-16/h3-8,11H,9-10,12H2,1-2H3. The molecule has 25 heavy (non-hydrogen) atoms. The molecule has 1 aromatic carbocycles. The zero-order valence-electron chi connectivity index (χ0n) is 13.9. The molecule has 1 amide bonds. The highest BCUT2D eigenvalue weighted by molar-refractivity contribution is 7.91. The Balaban J connectivity index is 1.85. The number of likely N-dealkylation sites (N-methyl/N-ethyl adjacent to an activating group) is 2. The minimum absolute atomic E-state index is 0.102. The molecule has 2 rings (SSSR count). The van der Waals surface area contributed by atoms with Gasteiger partial charge >= 0.3 is 0 Å². The number of carbonyl (C=O) groups is 1. The van der Waals surface area contributed by atoms with Crippen LogP contribution in [-0.4, -0.2) is 57.3 Å². The number of thiophene rings is 1. The van der Waals surface area contributed by atoms with E-state index in [0.717, 1.165) is 15.6 Å². The average Bonchev–Trinajstić information content (AvgIpc) is 3.11. The summed E-state index contributed by atoms with van der Waals surface area (Å²) in [6.07, 6.45) is 0. The lowest BCUT2D eigenvalue weighted by atomic mass is 10.3. The molecule has 0 unspecified atom stereocenters. The third-order valence-corrected chi connectivity index (χ3v) is 6.64. The van der Waals surface area contributed by atoms with Crippen molar-refractivity contribution in [2.75, 3.05) is 33.8 Å². The Labute approximate surface area is 150 Å². The topological polar surface area (TPSA) is 66.9 Å². The molecule has 0 saturated heterocycles. The number of nitrogens with zero attached hydrogens (tertiary/aromatic N) is 2. The largest absolute Gasteiger partial charge is 0.489 e. The van der Waals surface area contributed by atoms with Gasteiger partial charge in [-0.1, -0.05) is 18.2 Å². The van der Waals surface area contributed by atoms with Crippen LogP contribution in [0.5, 0.6) is 5.75 Å². The average molecular weight is 386 g/mol. The van der Waals surface area contributed by atoms with Crippen molar-refractivity contribution in [1.82, 2.24) is 9.21 Å². The number of halogens is 1. The second kappa shape index (κ2) is 8.41. The summed E-state index contributed by atoms with van der Waals surface area (Å²) in [5.41, 5.74) is 0. The molecule has 0 radical (unpaired) electrons. The molecule has 0 aliphatic heterocycles. The molecule has 1 aromatic heterocycles. The van der Waals surface area contributed by atoms with E-state index in [1.807, 2.05) is 0 Å². The summed E-state index contributed by atoms with van der Waals surface area (Å²) in [6, 6.07) is 9.12. The molecule has 0 atom stereocenters. The van der Waals surface area contributed by atoms with Crippen LogP contribution in [0.1, 0.15) is 0 Å². The van der Waals surface area contributed by atoms with Crippen molar-refractivity contribution < 1.29 is 22.3 Å². The molecule has 0 N–H and O–H groups in total. The van der Waals surface area contributed by atoms with Crippen LogP contribution in [0.15, 0.2) is 46.0 Å². The van der Waals surface area contributed by atoms with Crippen LogP contribution in [0.3, 0.4) is 0 Å². The first-order valence-electron chi connectivity index (χ1n) is 7.43. The molecule has 0 saturated carbocycles. The van der Waals surface area contributed by atoms with Gasteiger partial charge in [-0.15, -0.1) is 11.3 Å². The smallest absolute Gasteiger partial charge is 0.252 e. The van der Waals surface area contributed by atoms with Crippen LogP contribution in [0, 0.1) is 5.82 Å². The SMILES string of the molecule is CN(CCOc1ccccc1F)C(=O)CN(C)S(=O)(=O)c1cccs1. The van der Waals surface area contributed by atoms with Gasteiger partial charge in [-0.25, -0.2) is 12.8 Å². The molecule has 0 fully saturated rings.